The summed E-state index contributed by atoms with van der Waals surface area (Å²) in [5.74, 6) is 3.02. The topological polar surface area (TPSA) is 87.5 Å². The Kier molecular flexibility index (Phi) is 6.19. The summed E-state index contributed by atoms with van der Waals surface area (Å²) >= 11 is 1.56. The van der Waals surface area contributed by atoms with Gasteiger partial charge in [0, 0.05) is 29.0 Å². The van der Waals surface area contributed by atoms with E-state index in [1.54, 1.807) is 37.8 Å². The molecule has 0 radical (unpaired) electrons. The van der Waals surface area contributed by atoms with Gasteiger partial charge in [0.05, 0.1) is 21.3 Å². The molecule has 0 unspecified atom stereocenters. The van der Waals surface area contributed by atoms with Crippen molar-refractivity contribution in [3.8, 4) is 17.2 Å². The predicted molar refractivity (Wildman–Crippen MR) is 130 cm³/mol. The summed E-state index contributed by atoms with van der Waals surface area (Å²) in [5, 5.41) is 8.83. The van der Waals surface area contributed by atoms with Crippen molar-refractivity contribution in [2.24, 2.45) is 0 Å². The summed E-state index contributed by atoms with van der Waals surface area (Å²) in [6.07, 6.45) is 2.10. The van der Waals surface area contributed by atoms with Crippen molar-refractivity contribution in [3.63, 3.8) is 0 Å². The van der Waals surface area contributed by atoms with Crippen LogP contribution in [0.3, 0.4) is 0 Å². The first-order chi connectivity index (χ1) is 16.6. The van der Waals surface area contributed by atoms with Crippen molar-refractivity contribution in [2.45, 2.75) is 36.2 Å². The number of rotatable bonds is 7. The fourth-order valence-corrected chi connectivity index (χ4v) is 5.33. The molecule has 0 bridgehead atoms. The third-order valence-electron chi connectivity index (χ3n) is 6.09. The number of ether oxygens (including phenoxy) is 3. The molecule has 1 N–H and O–H groups in total. The minimum Gasteiger partial charge on any atom is -0.493 e. The van der Waals surface area contributed by atoms with Gasteiger partial charge in [0.15, 0.2) is 17.3 Å². The Bertz CT molecular complexity index is 1260. The lowest BCUT2D eigenvalue weighted by Gasteiger charge is -2.33. The van der Waals surface area contributed by atoms with Crippen LogP contribution in [0.1, 0.15) is 36.4 Å². The van der Waals surface area contributed by atoms with Gasteiger partial charge in [-0.25, -0.2) is 4.68 Å². The van der Waals surface area contributed by atoms with Gasteiger partial charge in [-0.1, -0.05) is 42.1 Å². The predicted octanol–water partition coefficient (Wildman–Crippen LogP) is 4.62. The number of thioether (sulfide) groups is 1. The Morgan fingerprint density at radius 1 is 1.03 bits per heavy atom. The zero-order valence-corrected chi connectivity index (χ0v) is 20.1. The van der Waals surface area contributed by atoms with E-state index in [4.69, 9.17) is 24.3 Å². The molecule has 1 atom stereocenters. The summed E-state index contributed by atoms with van der Waals surface area (Å²) in [5.41, 5.74) is 3.57. The molecular weight excluding hydrogens is 452 g/mol. The molecule has 2 heterocycles. The molecule has 2 aromatic carbocycles. The quantitative estimate of drug-likeness (QED) is 0.493. The molecule has 3 aromatic rings. The normalized spacial score (nSPS) is 17.0. The number of allylic oxidation sites excluding steroid dienone is 2. The van der Waals surface area contributed by atoms with Crippen molar-refractivity contribution in [1.29, 1.82) is 0 Å². The van der Waals surface area contributed by atoms with E-state index in [9.17, 15) is 4.79 Å². The maximum Gasteiger partial charge on any atom is 0.227 e. The highest BCUT2D eigenvalue weighted by Gasteiger charge is 2.39. The Morgan fingerprint density at radius 3 is 2.56 bits per heavy atom. The van der Waals surface area contributed by atoms with Gasteiger partial charge >= 0.3 is 0 Å². The highest BCUT2D eigenvalue weighted by Crippen LogP contribution is 2.48. The van der Waals surface area contributed by atoms with E-state index >= 15 is 0 Å². The first-order valence-corrected chi connectivity index (χ1v) is 12.1. The van der Waals surface area contributed by atoms with Crippen LogP contribution >= 0.6 is 11.8 Å². The van der Waals surface area contributed by atoms with Crippen LogP contribution < -0.4 is 19.5 Å². The number of carbonyl (C=O) groups excluding carboxylic acids is 1. The Hall–Kier alpha value is -3.46. The Balaban J connectivity index is 1.60. The summed E-state index contributed by atoms with van der Waals surface area (Å²) in [6.45, 7) is 0. The third kappa shape index (κ3) is 3.90. The van der Waals surface area contributed by atoms with Crippen LogP contribution in [0.4, 0.5) is 5.95 Å². The van der Waals surface area contributed by atoms with Crippen molar-refractivity contribution in [3.05, 3.63) is 64.9 Å². The lowest BCUT2D eigenvalue weighted by Crippen LogP contribution is -2.31. The van der Waals surface area contributed by atoms with Crippen LogP contribution in [0.15, 0.2) is 58.9 Å². The van der Waals surface area contributed by atoms with Crippen LogP contribution in [-0.2, 0) is 10.5 Å². The molecule has 5 rings (SSSR count). The number of hydrogen-bond donors (Lipinski definition) is 1. The maximum atomic E-state index is 13.2. The number of aromatic nitrogens is 3. The van der Waals surface area contributed by atoms with E-state index in [-0.39, 0.29) is 5.78 Å². The number of fused-ring (bicyclic) bond motifs is 1. The number of nitrogens with zero attached hydrogens (tertiary/aromatic N) is 3. The first-order valence-electron chi connectivity index (χ1n) is 11.1. The van der Waals surface area contributed by atoms with Gasteiger partial charge in [-0.2, -0.15) is 4.98 Å². The molecule has 1 aliphatic heterocycles. The average Bonchev–Trinajstić information content (AvgIpc) is 3.28. The summed E-state index contributed by atoms with van der Waals surface area (Å²) in [7, 11) is 4.74. The summed E-state index contributed by atoms with van der Waals surface area (Å²) < 4.78 is 18.6. The monoisotopic (exact) mass is 478 g/mol. The molecule has 34 heavy (non-hydrogen) atoms. The highest BCUT2D eigenvalue weighted by atomic mass is 32.2. The zero-order chi connectivity index (χ0) is 23.7. The number of ketones is 1. The molecule has 9 heteroatoms. The second-order valence-corrected chi connectivity index (χ2v) is 9.00. The number of carbonyl (C=O) groups is 1. The first kappa shape index (κ1) is 22.3. The van der Waals surface area contributed by atoms with Gasteiger partial charge in [0.1, 0.15) is 6.04 Å². The second kappa shape index (κ2) is 9.42. The van der Waals surface area contributed by atoms with E-state index < -0.39 is 6.04 Å². The van der Waals surface area contributed by atoms with Crippen LogP contribution in [0.25, 0.3) is 0 Å². The minimum atomic E-state index is -0.479. The van der Waals surface area contributed by atoms with Gasteiger partial charge in [0.2, 0.25) is 16.9 Å². The summed E-state index contributed by atoms with van der Waals surface area (Å²) in [6, 6.07) is 13.5. The fraction of sp³-hybridized carbons (Fsp3) is 0.320. The summed E-state index contributed by atoms with van der Waals surface area (Å²) in [4.78, 5) is 17.9. The fourth-order valence-electron chi connectivity index (χ4n) is 4.55. The van der Waals surface area contributed by atoms with E-state index in [1.807, 2.05) is 30.3 Å². The smallest absolute Gasteiger partial charge is 0.227 e. The lowest BCUT2D eigenvalue weighted by atomic mass is 9.85. The Morgan fingerprint density at radius 2 is 1.82 bits per heavy atom. The molecule has 0 saturated carbocycles. The molecular formula is C25H26N4O4S. The van der Waals surface area contributed by atoms with Gasteiger partial charge in [-0.15, -0.1) is 5.10 Å². The van der Waals surface area contributed by atoms with Crippen molar-refractivity contribution in [1.82, 2.24) is 14.8 Å². The molecule has 2 aliphatic rings. The number of hydrogen-bond acceptors (Lipinski definition) is 8. The molecule has 176 valence electrons. The van der Waals surface area contributed by atoms with Crippen LogP contribution in [0.5, 0.6) is 17.2 Å². The molecule has 1 aromatic heterocycles. The van der Waals surface area contributed by atoms with Gasteiger partial charge in [-0.05, 0) is 30.5 Å². The molecule has 0 saturated heterocycles. The molecule has 0 fully saturated rings. The molecule has 0 spiro atoms. The SMILES string of the molecule is COc1ccc([C@@H]2C3=C(CCCC3=O)Nc3nc(SCc4ccccc4)nn32)c(OC)c1OC. The van der Waals surface area contributed by atoms with Crippen LogP contribution in [0, 0.1) is 0 Å². The number of anilines is 1. The van der Waals surface area contributed by atoms with E-state index in [2.05, 4.69) is 17.4 Å². The zero-order valence-electron chi connectivity index (χ0n) is 19.3. The number of benzene rings is 2. The standard InChI is InChI=1S/C25H26N4O4S/c1-31-19-13-12-16(22(32-2)23(19)33-3)21-20-17(10-7-11-18(20)30)26-24-27-25(28-29(21)24)34-14-15-8-5-4-6-9-15/h4-6,8-9,12-13,21H,7,10-11,14H2,1-3H3,(H,26,27,28)/t21-/m1/s1. The van der Waals surface area contributed by atoms with Crippen molar-refractivity contribution in [2.75, 3.05) is 26.6 Å². The van der Waals surface area contributed by atoms with Gasteiger partial charge in [0.25, 0.3) is 0 Å². The van der Waals surface area contributed by atoms with E-state index in [1.165, 1.54) is 5.56 Å². The van der Waals surface area contributed by atoms with E-state index in [0.29, 0.717) is 40.3 Å². The highest BCUT2D eigenvalue weighted by molar-refractivity contribution is 7.98. The number of Topliss-reactive ketones (excluding diaryl/α,β-unsaturated/α-hetero) is 1. The molecule has 1 aliphatic carbocycles. The van der Waals surface area contributed by atoms with Crippen LogP contribution in [0.2, 0.25) is 0 Å². The third-order valence-corrected chi connectivity index (χ3v) is 7.00. The van der Waals surface area contributed by atoms with E-state index in [0.717, 1.165) is 29.9 Å². The largest absolute Gasteiger partial charge is 0.493 e. The average molecular weight is 479 g/mol. The number of methoxy groups -OCH3 is 3. The lowest BCUT2D eigenvalue weighted by molar-refractivity contribution is -0.116. The minimum absolute atomic E-state index is 0.107. The van der Waals surface area contributed by atoms with Crippen molar-refractivity contribution >= 4 is 23.5 Å². The second-order valence-electron chi connectivity index (χ2n) is 8.06. The van der Waals surface area contributed by atoms with Gasteiger partial charge < -0.3 is 19.5 Å². The van der Waals surface area contributed by atoms with Crippen molar-refractivity contribution < 1.29 is 19.0 Å². The van der Waals surface area contributed by atoms with Gasteiger partial charge in [-0.3, -0.25) is 4.79 Å². The van der Waals surface area contributed by atoms with Crippen LogP contribution in [-0.4, -0.2) is 41.9 Å². The molecule has 0 amide bonds. The Labute approximate surface area is 202 Å². The maximum absolute atomic E-state index is 13.2. The molecule has 8 nitrogen and oxygen atoms in total. The number of nitrogens with one attached hydrogen (secondary N) is 1.